The molecule has 0 aliphatic carbocycles. The Morgan fingerprint density at radius 3 is 2.82 bits per heavy atom. The van der Waals surface area contributed by atoms with E-state index in [1.165, 1.54) is 0 Å². The number of nitrogens with zero attached hydrogens (tertiary/aromatic N) is 1. The van der Waals surface area contributed by atoms with Crippen LogP contribution in [0.2, 0.25) is 0 Å². The molecule has 0 spiro atoms. The third-order valence-corrected chi connectivity index (χ3v) is 2.28. The lowest BCUT2D eigenvalue weighted by Gasteiger charge is -2.07. The van der Waals surface area contributed by atoms with Gasteiger partial charge in [0.2, 0.25) is 0 Å². The van der Waals surface area contributed by atoms with E-state index >= 15 is 0 Å². The molecule has 0 unspecified atom stereocenters. The molecule has 1 heterocycles. The smallest absolute Gasteiger partial charge is 0.357 e. The summed E-state index contributed by atoms with van der Waals surface area (Å²) in [7, 11) is 0. The second kappa shape index (κ2) is 7.40. The number of carbonyl (C=O) groups is 1. The summed E-state index contributed by atoms with van der Waals surface area (Å²) in [5, 5.41) is 0. The first-order chi connectivity index (χ1) is 8.09. The number of esters is 1. The van der Waals surface area contributed by atoms with Crippen molar-refractivity contribution in [3.63, 3.8) is 0 Å². The topological polar surface area (TPSA) is 48.4 Å². The van der Waals surface area contributed by atoms with Crippen molar-refractivity contribution in [2.75, 3.05) is 19.8 Å². The Bertz CT molecular complexity index is 369. The summed E-state index contributed by atoms with van der Waals surface area (Å²) in [5.41, 5.74) is 0.295. The number of pyridine rings is 1. The van der Waals surface area contributed by atoms with Crippen LogP contribution in [0.25, 0.3) is 0 Å². The fourth-order valence-corrected chi connectivity index (χ4v) is 1.45. The molecule has 4 nitrogen and oxygen atoms in total. The van der Waals surface area contributed by atoms with Crippen molar-refractivity contribution < 1.29 is 14.3 Å². The lowest BCUT2D eigenvalue weighted by molar-refractivity contribution is 0.0272. The zero-order valence-corrected chi connectivity index (χ0v) is 11.6. The molecule has 0 saturated heterocycles. The van der Waals surface area contributed by atoms with Crippen molar-refractivity contribution in [3.8, 4) is 0 Å². The van der Waals surface area contributed by atoms with Crippen molar-refractivity contribution in [3.05, 3.63) is 28.5 Å². The zero-order chi connectivity index (χ0) is 12.7. The van der Waals surface area contributed by atoms with Gasteiger partial charge >= 0.3 is 5.97 Å². The Morgan fingerprint density at radius 1 is 1.41 bits per heavy atom. The molecule has 1 aromatic rings. The molecule has 0 saturated carbocycles. The van der Waals surface area contributed by atoms with Crippen molar-refractivity contribution >= 4 is 21.9 Å². The van der Waals surface area contributed by atoms with Gasteiger partial charge in [0.15, 0.2) is 0 Å². The molecular weight excluding hydrogens is 286 g/mol. The maximum absolute atomic E-state index is 11.5. The minimum atomic E-state index is -0.431. The van der Waals surface area contributed by atoms with Crippen LogP contribution < -0.4 is 0 Å². The van der Waals surface area contributed by atoms with E-state index in [-0.39, 0.29) is 6.61 Å². The number of hydrogen-bond acceptors (Lipinski definition) is 4. The fraction of sp³-hybridized carbons (Fsp3) is 0.500. The van der Waals surface area contributed by atoms with Gasteiger partial charge in [-0.3, -0.25) is 0 Å². The molecule has 94 valence electrons. The largest absolute Gasteiger partial charge is 0.459 e. The van der Waals surface area contributed by atoms with Crippen LogP contribution in [0.1, 0.15) is 24.3 Å². The predicted octanol–water partition coefficient (Wildman–Crippen LogP) is 2.67. The Labute approximate surface area is 109 Å². The number of hydrogen-bond donors (Lipinski definition) is 0. The molecule has 0 aliphatic rings. The SMILES string of the molecule is CC(C)COCCOC(=O)c1cccc(Br)n1. The summed E-state index contributed by atoms with van der Waals surface area (Å²) in [5.74, 6) is 0.0527. The van der Waals surface area contributed by atoms with Gasteiger partial charge in [0, 0.05) is 6.61 Å². The van der Waals surface area contributed by atoms with E-state index in [1.54, 1.807) is 18.2 Å². The minimum absolute atomic E-state index is 0.250. The van der Waals surface area contributed by atoms with Crippen LogP contribution in [0.3, 0.4) is 0 Å². The third-order valence-electron chi connectivity index (χ3n) is 1.84. The van der Waals surface area contributed by atoms with Crippen LogP contribution in [0, 0.1) is 5.92 Å². The van der Waals surface area contributed by atoms with Crippen molar-refractivity contribution in [1.29, 1.82) is 0 Å². The number of carbonyl (C=O) groups excluding carboxylic acids is 1. The molecule has 1 rings (SSSR count). The van der Waals surface area contributed by atoms with Crippen LogP contribution in [-0.2, 0) is 9.47 Å². The molecule has 0 radical (unpaired) electrons. The highest BCUT2D eigenvalue weighted by molar-refractivity contribution is 9.10. The fourth-order valence-electron chi connectivity index (χ4n) is 1.11. The normalized spacial score (nSPS) is 10.6. The van der Waals surface area contributed by atoms with Crippen LogP contribution in [-0.4, -0.2) is 30.8 Å². The van der Waals surface area contributed by atoms with E-state index < -0.39 is 5.97 Å². The molecule has 1 aromatic heterocycles. The van der Waals surface area contributed by atoms with Gasteiger partial charge in [-0.05, 0) is 34.0 Å². The van der Waals surface area contributed by atoms with Crippen LogP contribution in [0.15, 0.2) is 22.8 Å². The van der Waals surface area contributed by atoms with Crippen LogP contribution in [0.4, 0.5) is 0 Å². The van der Waals surface area contributed by atoms with Gasteiger partial charge in [-0.1, -0.05) is 19.9 Å². The maximum atomic E-state index is 11.5. The minimum Gasteiger partial charge on any atom is -0.459 e. The highest BCUT2D eigenvalue weighted by atomic mass is 79.9. The summed E-state index contributed by atoms with van der Waals surface area (Å²) in [6.07, 6.45) is 0. The van der Waals surface area contributed by atoms with E-state index in [9.17, 15) is 4.79 Å². The first-order valence-corrected chi connectivity index (χ1v) is 6.26. The van der Waals surface area contributed by atoms with E-state index in [0.717, 1.165) is 0 Å². The number of aromatic nitrogens is 1. The first-order valence-electron chi connectivity index (χ1n) is 5.47. The molecule has 0 atom stereocenters. The summed E-state index contributed by atoms with van der Waals surface area (Å²) in [4.78, 5) is 15.5. The molecule has 0 fully saturated rings. The van der Waals surface area contributed by atoms with Crippen molar-refractivity contribution in [1.82, 2.24) is 4.98 Å². The maximum Gasteiger partial charge on any atom is 0.357 e. The summed E-state index contributed by atoms with van der Waals surface area (Å²) in [6, 6.07) is 5.10. The molecule has 0 bridgehead atoms. The molecule has 0 aliphatic heterocycles. The number of ether oxygens (including phenoxy) is 2. The average molecular weight is 302 g/mol. The average Bonchev–Trinajstić information content (AvgIpc) is 2.28. The predicted molar refractivity (Wildman–Crippen MR) is 67.9 cm³/mol. The van der Waals surface area contributed by atoms with Crippen LogP contribution in [0.5, 0.6) is 0 Å². The molecule has 0 aromatic carbocycles. The van der Waals surface area contributed by atoms with Crippen molar-refractivity contribution in [2.24, 2.45) is 5.92 Å². The van der Waals surface area contributed by atoms with Crippen LogP contribution >= 0.6 is 15.9 Å². The van der Waals surface area contributed by atoms with Crippen molar-refractivity contribution in [2.45, 2.75) is 13.8 Å². The number of rotatable bonds is 6. The van der Waals surface area contributed by atoms with Gasteiger partial charge in [-0.25, -0.2) is 9.78 Å². The van der Waals surface area contributed by atoms with Gasteiger partial charge < -0.3 is 9.47 Å². The molecule has 0 amide bonds. The third kappa shape index (κ3) is 5.79. The Hall–Kier alpha value is -0.940. The summed E-state index contributed by atoms with van der Waals surface area (Å²) < 4.78 is 10.9. The summed E-state index contributed by atoms with van der Waals surface area (Å²) in [6.45, 7) is 5.47. The van der Waals surface area contributed by atoms with Gasteiger partial charge in [-0.2, -0.15) is 0 Å². The van der Waals surface area contributed by atoms with E-state index in [0.29, 0.717) is 29.4 Å². The van der Waals surface area contributed by atoms with Gasteiger partial charge in [0.1, 0.15) is 16.9 Å². The monoisotopic (exact) mass is 301 g/mol. The molecule has 5 heteroatoms. The Morgan fingerprint density at radius 2 is 2.18 bits per heavy atom. The highest BCUT2D eigenvalue weighted by Gasteiger charge is 2.08. The summed E-state index contributed by atoms with van der Waals surface area (Å²) >= 11 is 3.20. The standard InChI is InChI=1S/C12H16BrNO3/c1-9(2)8-16-6-7-17-12(15)10-4-3-5-11(13)14-10/h3-5,9H,6-8H2,1-2H3. The van der Waals surface area contributed by atoms with Gasteiger partial charge in [-0.15, -0.1) is 0 Å². The van der Waals surface area contributed by atoms with E-state index in [2.05, 4.69) is 34.8 Å². The zero-order valence-electron chi connectivity index (χ0n) is 9.98. The van der Waals surface area contributed by atoms with Gasteiger partial charge in [0.05, 0.1) is 6.61 Å². The molecule has 0 N–H and O–H groups in total. The Balaban J connectivity index is 2.26. The van der Waals surface area contributed by atoms with E-state index in [4.69, 9.17) is 9.47 Å². The lowest BCUT2D eigenvalue weighted by atomic mass is 10.2. The quantitative estimate of drug-likeness (QED) is 0.460. The second-order valence-electron chi connectivity index (χ2n) is 3.95. The highest BCUT2D eigenvalue weighted by Crippen LogP contribution is 2.07. The molecular formula is C12H16BrNO3. The number of halogens is 1. The lowest BCUT2D eigenvalue weighted by Crippen LogP contribution is -2.13. The second-order valence-corrected chi connectivity index (χ2v) is 4.76. The first kappa shape index (κ1) is 14.1. The van der Waals surface area contributed by atoms with Gasteiger partial charge in [0.25, 0.3) is 0 Å². The van der Waals surface area contributed by atoms with E-state index in [1.807, 2.05) is 0 Å². The molecule has 17 heavy (non-hydrogen) atoms. The Kier molecular flexibility index (Phi) is 6.15.